The second kappa shape index (κ2) is 11.1. The molecule has 28 heavy (non-hydrogen) atoms. The van der Waals surface area contributed by atoms with Gasteiger partial charge in [-0.05, 0) is 50.1 Å². The first-order valence-corrected chi connectivity index (χ1v) is 9.96. The smallest absolute Gasteiger partial charge is 0.224 e. The summed E-state index contributed by atoms with van der Waals surface area (Å²) < 4.78 is 0. The van der Waals surface area contributed by atoms with Gasteiger partial charge in [0.1, 0.15) is 0 Å². The number of hydrogen-bond acceptors (Lipinski definition) is 3. The highest BCUT2D eigenvalue weighted by atomic mass is 16.2. The van der Waals surface area contributed by atoms with Crippen molar-refractivity contribution in [1.29, 1.82) is 0 Å². The molecule has 0 aliphatic rings. The lowest BCUT2D eigenvalue weighted by Gasteiger charge is -2.20. The number of amides is 2. The van der Waals surface area contributed by atoms with Crippen LogP contribution in [0.1, 0.15) is 38.7 Å². The van der Waals surface area contributed by atoms with Crippen LogP contribution in [0.25, 0.3) is 0 Å². The largest absolute Gasteiger partial charge is 0.370 e. The number of carbonyl (C=O) groups excluding carboxylic acids is 2. The van der Waals surface area contributed by atoms with Crippen LogP contribution in [0.2, 0.25) is 0 Å². The number of nitrogens with zero attached hydrogens (tertiary/aromatic N) is 2. The number of carbonyl (C=O) groups is 2. The summed E-state index contributed by atoms with van der Waals surface area (Å²) in [5.74, 6) is 0.0568. The molecule has 0 saturated carbocycles. The summed E-state index contributed by atoms with van der Waals surface area (Å²) in [5, 5.41) is 2.91. The van der Waals surface area contributed by atoms with Crippen molar-refractivity contribution in [2.45, 2.75) is 39.7 Å². The molecule has 2 rings (SSSR count). The van der Waals surface area contributed by atoms with Gasteiger partial charge in [0, 0.05) is 50.9 Å². The lowest BCUT2D eigenvalue weighted by Crippen LogP contribution is -2.30. The molecular formula is C23H31N3O2. The van der Waals surface area contributed by atoms with Crippen molar-refractivity contribution in [2.24, 2.45) is 0 Å². The SMILES string of the molecule is CCN(CC)C(=O)CCCC(=O)Nc1ccc(N(C)Cc2ccccc2)cc1. The molecular weight excluding hydrogens is 350 g/mol. The van der Waals surface area contributed by atoms with E-state index in [2.05, 4.69) is 22.3 Å². The summed E-state index contributed by atoms with van der Waals surface area (Å²) in [7, 11) is 2.05. The third kappa shape index (κ3) is 6.72. The first-order chi connectivity index (χ1) is 13.5. The number of benzene rings is 2. The van der Waals surface area contributed by atoms with Crippen LogP contribution in [-0.4, -0.2) is 36.9 Å². The van der Waals surface area contributed by atoms with Gasteiger partial charge in [-0.2, -0.15) is 0 Å². The fourth-order valence-electron chi connectivity index (χ4n) is 3.11. The highest BCUT2D eigenvalue weighted by Gasteiger charge is 2.10. The standard InChI is InChI=1S/C23H31N3O2/c1-4-26(5-2)23(28)13-9-12-22(27)24-20-14-16-21(17-15-20)25(3)18-19-10-7-6-8-11-19/h6-8,10-11,14-17H,4-5,9,12-13,18H2,1-3H3,(H,24,27). The molecule has 2 amide bonds. The third-order valence-electron chi connectivity index (χ3n) is 4.77. The average molecular weight is 382 g/mol. The quantitative estimate of drug-likeness (QED) is 0.668. The summed E-state index contributed by atoms with van der Waals surface area (Å²) in [6.45, 7) is 6.19. The van der Waals surface area contributed by atoms with E-state index in [9.17, 15) is 9.59 Å². The van der Waals surface area contributed by atoms with Crippen LogP contribution in [0, 0.1) is 0 Å². The number of hydrogen-bond donors (Lipinski definition) is 1. The molecule has 2 aromatic rings. The van der Waals surface area contributed by atoms with Gasteiger partial charge in [-0.1, -0.05) is 30.3 Å². The zero-order valence-electron chi connectivity index (χ0n) is 17.1. The second-order valence-corrected chi connectivity index (χ2v) is 6.86. The summed E-state index contributed by atoms with van der Waals surface area (Å²) in [5.41, 5.74) is 3.12. The molecule has 0 aliphatic heterocycles. The van der Waals surface area contributed by atoms with Gasteiger partial charge in [0.05, 0.1) is 0 Å². The van der Waals surface area contributed by atoms with Crippen molar-refractivity contribution >= 4 is 23.2 Å². The van der Waals surface area contributed by atoms with Crippen molar-refractivity contribution in [2.75, 3.05) is 30.4 Å². The minimum absolute atomic E-state index is 0.0577. The Bertz CT molecular complexity index is 740. The summed E-state index contributed by atoms with van der Waals surface area (Å²) >= 11 is 0. The Hall–Kier alpha value is -2.82. The van der Waals surface area contributed by atoms with E-state index in [1.807, 2.05) is 63.4 Å². The number of nitrogens with one attached hydrogen (secondary N) is 1. The van der Waals surface area contributed by atoms with E-state index in [1.165, 1.54) is 5.56 Å². The molecule has 1 N–H and O–H groups in total. The average Bonchev–Trinajstić information content (AvgIpc) is 2.70. The van der Waals surface area contributed by atoms with Gasteiger partial charge in [-0.3, -0.25) is 9.59 Å². The second-order valence-electron chi connectivity index (χ2n) is 6.86. The normalized spacial score (nSPS) is 10.4. The van der Waals surface area contributed by atoms with Crippen LogP contribution < -0.4 is 10.2 Å². The fraction of sp³-hybridized carbons (Fsp3) is 0.391. The van der Waals surface area contributed by atoms with Crippen molar-refractivity contribution in [3.8, 4) is 0 Å². The predicted molar refractivity (Wildman–Crippen MR) is 115 cm³/mol. The maximum Gasteiger partial charge on any atom is 0.224 e. The van der Waals surface area contributed by atoms with E-state index in [0.717, 1.165) is 17.9 Å². The molecule has 0 aliphatic carbocycles. The maximum absolute atomic E-state index is 12.1. The maximum atomic E-state index is 12.1. The first-order valence-electron chi connectivity index (χ1n) is 9.96. The minimum Gasteiger partial charge on any atom is -0.370 e. The van der Waals surface area contributed by atoms with Crippen molar-refractivity contribution in [3.63, 3.8) is 0 Å². The molecule has 0 bridgehead atoms. The lowest BCUT2D eigenvalue weighted by molar-refractivity contribution is -0.130. The molecule has 0 aromatic heterocycles. The van der Waals surface area contributed by atoms with Crippen LogP contribution in [0.5, 0.6) is 0 Å². The van der Waals surface area contributed by atoms with Gasteiger partial charge in [0.25, 0.3) is 0 Å². The van der Waals surface area contributed by atoms with Gasteiger partial charge in [0.2, 0.25) is 11.8 Å². The predicted octanol–water partition coefficient (Wildman–Crippen LogP) is 4.30. The summed E-state index contributed by atoms with van der Waals surface area (Å²) in [6.07, 6.45) is 1.33. The molecule has 0 unspecified atom stereocenters. The Morgan fingerprint density at radius 3 is 2.14 bits per heavy atom. The van der Waals surface area contributed by atoms with Gasteiger partial charge in [-0.15, -0.1) is 0 Å². The lowest BCUT2D eigenvalue weighted by atomic mass is 10.2. The molecule has 0 saturated heterocycles. The highest BCUT2D eigenvalue weighted by molar-refractivity contribution is 5.91. The summed E-state index contributed by atoms with van der Waals surface area (Å²) in [6, 6.07) is 18.1. The molecule has 0 heterocycles. The molecule has 0 radical (unpaired) electrons. The van der Waals surface area contributed by atoms with Crippen LogP contribution >= 0.6 is 0 Å². The molecule has 0 spiro atoms. The third-order valence-corrected chi connectivity index (χ3v) is 4.77. The van der Waals surface area contributed by atoms with E-state index in [1.54, 1.807) is 4.90 Å². The van der Waals surface area contributed by atoms with E-state index in [4.69, 9.17) is 0 Å². The Labute approximate surface area is 168 Å². The summed E-state index contributed by atoms with van der Waals surface area (Å²) in [4.78, 5) is 28.0. The van der Waals surface area contributed by atoms with Gasteiger partial charge in [-0.25, -0.2) is 0 Å². The van der Waals surface area contributed by atoms with Crippen molar-refractivity contribution in [1.82, 2.24) is 4.90 Å². The van der Waals surface area contributed by atoms with Gasteiger partial charge < -0.3 is 15.1 Å². The number of anilines is 2. The van der Waals surface area contributed by atoms with Crippen molar-refractivity contribution in [3.05, 3.63) is 60.2 Å². The Morgan fingerprint density at radius 2 is 1.54 bits per heavy atom. The van der Waals surface area contributed by atoms with Crippen molar-refractivity contribution < 1.29 is 9.59 Å². The van der Waals surface area contributed by atoms with Gasteiger partial charge >= 0.3 is 0 Å². The zero-order valence-corrected chi connectivity index (χ0v) is 17.1. The van der Waals surface area contributed by atoms with Crippen LogP contribution in [0.4, 0.5) is 11.4 Å². The topological polar surface area (TPSA) is 52.7 Å². The molecule has 0 atom stereocenters. The van der Waals surface area contributed by atoms with Gasteiger partial charge in [0.15, 0.2) is 0 Å². The zero-order chi connectivity index (χ0) is 20.4. The van der Waals surface area contributed by atoms with Crippen LogP contribution in [-0.2, 0) is 16.1 Å². The molecule has 150 valence electrons. The fourth-order valence-corrected chi connectivity index (χ4v) is 3.11. The minimum atomic E-state index is -0.0577. The van der Waals surface area contributed by atoms with Crippen LogP contribution in [0.15, 0.2) is 54.6 Å². The highest BCUT2D eigenvalue weighted by Crippen LogP contribution is 2.19. The van der Waals surface area contributed by atoms with E-state index < -0.39 is 0 Å². The number of rotatable bonds is 10. The monoisotopic (exact) mass is 381 g/mol. The van der Waals surface area contributed by atoms with E-state index in [0.29, 0.717) is 32.4 Å². The van der Waals surface area contributed by atoms with E-state index >= 15 is 0 Å². The Morgan fingerprint density at radius 1 is 0.893 bits per heavy atom. The molecule has 5 nitrogen and oxygen atoms in total. The Balaban J connectivity index is 1.78. The first kappa shape index (κ1) is 21.5. The molecule has 0 fully saturated rings. The van der Waals surface area contributed by atoms with Crippen LogP contribution in [0.3, 0.4) is 0 Å². The van der Waals surface area contributed by atoms with E-state index in [-0.39, 0.29) is 11.8 Å². The Kier molecular flexibility index (Phi) is 8.53. The molecule has 5 heteroatoms. The molecule has 2 aromatic carbocycles.